The highest BCUT2D eigenvalue weighted by atomic mass is 127. The summed E-state index contributed by atoms with van der Waals surface area (Å²) in [6, 6.07) is 7.63. The zero-order valence-electron chi connectivity index (χ0n) is 11.7. The molecule has 3 heteroatoms. The number of hydrogen-bond acceptors (Lipinski definition) is 1. The molecule has 0 amide bonds. The third-order valence-electron chi connectivity index (χ3n) is 3.91. The molecular formula is C14H23IOSi. The predicted octanol–water partition coefficient (Wildman–Crippen LogP) is 4.89. The Labute approximate surface area is 120 Å². The van der Waals surface area contributed by atoms with Gasteiger partial charge in [0.05, 0.1) is 15.2 Å². The van der Waals surface area contributed by atoms with Crippen LogP contribution in [0.5, 0.6) is 5.75 Å². The number of hydrogen-bond donors (Lipinski definition) is 0. The van der Waals surface area contributed by atoms with Crippen molar-refractivity contribution in [1.82, 2.24) is 0 Å². The third kappa shape index (κ3) is 3.71. The molecule has 0 bridgehead atoms. The molecule has 96 valence electrons. The fourth-order valence-electron chi connectivity index (χ4n) is 1.63. The average molecular weight is 362 g/mol. The largest absolute Gasteiger partial charge is 0.496 e. The van der Waals surface area contributed by atoms with Gasteiger partial charge in [0.15, 0.2) is 0 Å². The fourth-order valence-corrected chi connectivity index (χ4v) is 3.94. The van der Waals surface area contributed by atoms with Gasteiger partial charge in [0, 0.05) is 3.57 Å². The summed E-state index contributed by atoms with van der Waals surface area (Å²) < 4.78 is 6.77. The van der Waals surface area contributed by atoms with Crippen LogP contribution in [0.25, 0.3) is 0 Å². The number of ether oxygens (including phenoxy) is 1. The molecule has 0 spiro atoms. The van der Waals surface area contributed by atoms with Crippen molar-refractivity contribution in [2.75, 3.05) is 7.11 Å². The van der Waals surface area contributed by atoms with E-state index >= 15 is 0 Å². The Morgan fingerprint density at radius 1 is 1.24 bits per heavy atom. The lowest BCUT2D eigenvalue weighted by Crippen LogP contribution is -2.40. The molecule has 1 nitrogen and oxygen atoms in total. The van der Waals surface area contributed by atoms with Gasteiger partial charge in [-0.15, -0.1) is 0 Å². The van der Waals surface area contributed by atoms with Crippen LogP contribution in [0.15, 0.2) is 18.2 Å². The summed E-state index contributed by atoms with van der Waals surface area (Å²) in [4.78, 5) is 0. The molecule has 0 unspecified atom stereocenters. The molecule has 0 saturated carbocycles. The third-order valence-corrected chi connectivity index (χ3v) is 9.90. The van der Waals surface area contributed by atoms with Crippen LogP contribution in [0, 0.1) is 3.57 Å². The number of halogens is 1. The maximum absolute atomic E-state index is 5.48. The van der Waals surface area contributed by atoms with E-state index in [0.717, 1.165) is 5.75 Å². The van der Waals surface area contributed by atoms with Crippen LogP contribution in [0.1, 0.15) is 26.3 Å². The highest BCUT2D eigenvalue weighted by Gasteiger charge is 2.35. The second-order valence-corrected chi connectivity index (χ2v) is 13.1. The topological polar surface area (TPSA) is 9.23 Å². The summed E-state index contributed by atoms with van der Waals surface area (Å²) in [6.45, 7) is 12.0. The molecule has 0 aromatic heterocycles. The molecule has 1 rings (SSSR count). The van der Waals surface area contributed by atoms with Crippen molar-refractivity contribution in [3.05, 3.63) is 27.3 Å². The molecular weight excluding hydrogens is 339 g/mol. The zero-order valence-corrected chi connectivity index (χ0v) is 14.9. The highest BCUT2D eigenvalue weighted by molar-refractivity contribution is 14.1. The first-order valence-electron chi connectivity index (χ1n) is 6.00. The van der Waals surface area contributed by atoms with Crippen LogP contribution in [0.2, 0.25) is 18.1 Å². The molecule has 0 aliphatic carbocycles. The minimum absolute atomic E-state index is 0.416. The Morgan fingerprint density at radius 3 is 2.29 bits per heavy atom. The van der Waals surface area contributed by atoms with E-state index < -0.39 is 8.07 Å². The molecule has 0 aliphatic heterocycles. The average Bonchev–Trinajstić information content (AvgIpc) is 2.15. The summed E-state index contributed by atoms with van der Waals surface area (Å²) in [5.41, 5.74) is 1.37. The second kappa shape index (κ2) is 5.30. The Balaban J connectivity index is 3.06. The lowest BCUT2D eigenvalue weighted by atomic mass is 10.2. The smallest absolute Gasteiger partial charge is 0.121 e. The van der Waals surface area contributed by atoms with E-state index in [1.807, 2.05) is 0 Å². The van der Waals surface area contributed by atoms with E-state index in [-0.39, 0.29) is 0 Å². The van der Waals surface area contributed by atoms with Crippen LogP contribution in [-0.4, -0.2) is 15.2 Å². The van der Waals surface area contributed by atoms with Gasteiger partial charge in [-0.2, -0.15) is 0 Å². The molecule has 0 radical (unpaired) electrons. The van der Waals surface area contributed by atoms with Gasteiger partial charge in [-0.25, -0.2) is 0 Å². The SMILES string of the molecule is COc1ccc(I)cc1C[Si](C)(C)C(C)(C)C. The zero-order chi connectivity index (χ0) is 13.3. The number of rotatable bonds is 3. The number of benzene rings is 1. The van der Waals surface area contributed by atoms with Crippen molar-refractivity contribution in [2.24, 2.45) is 0 Å². The van der Waals surface area contributed by atoms with Crippen molar-refractivity contribution in [1.29, 1.82) is 0 Å². The first kappa shape index (κ1) is 15.0. The van der Waals surface area contributed by atoms with Crippen LogP contribution in [0.4, 0.5) is 0 Å². The maximum Gasteiger partial charge on any atom is 0.121 e. The first-order valence-corrected chi connectivity index (χ1v) is 10.3. The van der Waals surface area contributed by atoms with Gasteiger partial charge < -0.3 is 4.74 Å². The summed E-state index contributed by atoms with van der Waals surface area (Å²) in [7, 11) is 0.462. The Hall–Kier alpha value is -0.0331. The highest BCUT2D eigenvalue weighted by Crippen LogP contribution is 2.39. The van der Waals surface area contributed by atoms with Gasteiger partial charge in [-0.1, -0.05) is 33.9 Å². The van der Waals surface area contributed by atoms with Crippen molar-refractivity contribution in [3.8, 4) is 5.75 Å². The fraction of sp³-hybridized carbons (Fsp3) is 0.571. The minimum atomic E-state index is -1.30. The lowest BCUT2D eigenvalue weighted by molar-refractivity contribution is 0.411. The molecule has 17 heavy (non-hydrogen) atoms. The van der Waals surface area contributed by atoms with Gasteiger partial charge in [0.1, 0.15) is 5.75 Å². The summed E-state index contributed by atoms with van der Waals surface area (Å²) in [6.07, 6.45) is 0. The molecule has 0 fully saturated rings. The quantitative estimate of drug-likeness (QED) is 0.550. The van der Waals surface area contributed by atoms with Crippen LogP contribution in [-0.2, 0) is 6.04 Å². The van der Waals surface area contributed by atoms with Gasteiger partial charge in [-0.05, 0) is 57.4 Å². The molecule has 0 aliphatic rings. The first-order chi connectivity index (χ1) is 7.67. The lowest BCUT2D eigenvalue weighted by Gasteiger charge is -2.37. The van der Waals surface area contributed by atoms with Crippen molar-refractivity contribution in [2.45, 2.75) is 44.9 Å². The molecule has 1 aromatic carbocycles. The monoisotopic (exact) mass is 362 g/mol. The van der Waals surface area contributed by atoms with E-state index in [1.54, 1.807) is 7.11 Å². The Morgan fingerprint density at radius 2 is 1.82 bits per heavy atom. The van der Waals surface area contributed by atoms with E-state index in [0.29, 0.717) is 5.04 Å². The minimum Gasteiger partial charge on any atom is -0.496 e. The van der Waals surface area contributed by atoms with E-state index in [1.165, 1.54) is 15.2 Å². The van der Waals surface area contributed by atoms with Crippen LogP contribution in [0.3, 0.4) is 0 Å². The van der Waals surface area contributed by atoms with Gasteiger partial charge in [0.2, 0.25) is 0 Å². The van der Waals surface area contributed by atoms with Crippen LogP contribution < -0.4 is 4.74 Å². The van der Waals surface area contributed by atoms with E-state index in [2.05, 4.69) is 74.7 Å². The Bertz CT molecular complexity index is 394. The van der Waals surface area contributed by atoms with Crippen LogP contribution >= 0.6 is 22.6 Å². The van der Waals surface area contributed by atoms with Crippen molar-refractivity contribution in [3.63, 3.8) is 0 Å². The summed E-state index contributed by atoms with van der Waals surface area (Å²) >= 11 is 2.37. The predicted molar refractivity (Wildman–Crippen MR) is 86.6 cm³/mol. The second-order valence-electron chi connectivity index (χ2n) is 6.27. The normalized spacial score (nSPS) is 12.6. The van der Waals surface area contributed by atoms with E-state index in [4.69, 9.17) is 4.74 Å². The van der Waals surface area contributed by atoms with Gasteiger partial charge >= 0.3 is 0 Å². The summed E-state index contributed by atoms with van der Waals surface area (Å²) in [5, 5.41) is 0.416. The maximum atomic E-state index is 5.48. The Kier molecular flexibility index (Phi) is 4.69. The van der Waals surface area contributed by atoms with E-state index in [9.17, 15) is 0 Å². The molecule has 0 heterocycles. The van der Waals surface area contributed by atoms with Gasteiger partial charge in [0.25, 0.3) is 0 Å². The molecule has 0 atom stereocenters. The molecule has 1 aromatic rings. The standard InChI is InChI=1S/C14H23IOSi/c1-14(2,3)17(5,6)10-11-9-12(15)7-8-13(11)16-4/h7-9H,10H2,1-6H3. The number of methoxy groups -OCH3 is 1. The molecule has 0 saturated heterocycles. The summed E-state index contributed by atoms with van der Waals surface area (Å²) in [5.74, 6) is 1.04. The van der Waals surface area contributed by atoms with Gasteiger partial charge in [-0.3, -0.25) is 0 Å². The van der Waals surface area contributed by atoms with Crippen molar-refractivity contribution >= 4 is 30.7 Å². The van der Waals surface area contributed by atoms with Crippen molar-refractivity contribution < 1.29 is 4.74 Å². The molecule has 0 N–H and O–H groups in total.